The van der Waals surface area contributed by atoms with E-state index < -0.39 is 5.97 Å². The lowest BCUT2D eigenvalue weighted by molar-refractivity contribution is -0.137. The Labute approximate surface area is 135 Å². The van der Waals surface area contributed by atoms with Crippen molar-refractivity contribution in [1.29, 1.82) is 0 Å². The number of hydrogen-bond acceptors (Lipinski definition) is 2. The summed E-state index contributed by atoms with van der Waals surface area (Å²) in [5, 5.41) is 18.2. The van der Waals surface area contributed by atoms with Gasteiger partial charge in [-0.3, -0.25) is 4.79 Å². The molecule has 0 bridgehead atoms. The Bertz CT molecular complexity index is 343. The third kappa shape index (κ3) is 16.7. The number of carboxylic acid groups (broad SMARTS) is 1. The van der Waals surface area contributed by atoms with Gasteiger partial charge in [-0.2, -0.15) is 0 Å². The molecule has 0 saturated carbocycles. The van der Waals surface area contributed by atoms with Crippen molar-refractivity contribution >= 4 is 5.97 Å². The predicted molar refractivity (Wildman–Crippen MR) is 92.9 cm³/mol. The molecule has 3 heteroatoms. The number of aliphatic hydroxyl groups is 1. The number of hydrogen-bond donors (Lipinski definition) is 2. The van der Waals surface area contributed by atoms with Crippen molar-refractivity contribution in [3.05, 3.63) is 36.5 Å². The van der Waals surface area contributed by atoms with Gasteiger partial charge in [0, 0.05) is 6.42 Å². The molecule has 0 aliphatic rings. The SMILES string of the molecule is CCCCC[C@@H](O)/C=C/C=C/C/C=C/CCCCCC(=O)O. The smallest absolute Gasteiger partial charge is 0.303 e. The van der Waals surface area contributed by atoms with Crippen molar-refractivity contribution in [3.8, 4) is 0 Å². The summed E-state index contributed by atoms with van der Waals surface area (Å²) in [6.07, 6.45) is 21.0. The van der Waals surface area contributed by atoms with Gasteiger partial charge in [-0.15, -0.1) is 0 Å². The molecule has 0 amide bonds. The van der Waals surface area contributed by atoms with Gasteiger partial charge in [0.25, 0.3) is 0 Å². The number of carboxylic acids is 1. The maximum absolute atomic E-state index is 10.3. The molecular weight excluding hydrogens is 276 g/mol. The van der Waals surface area contributed by atoms with Gasteiger partial charge in [-0.25, -0.2) is 0 Å². The first kappa shape index (κ1) is 20.6. The van der Waals surface area contributed by atoms with Gasteiger partial charge in [0.15, 0.2) is 0 Å². The Morgan fingerprint density at radius 2 is 1.82 bits per heavy atom. The number of aliphatic hydroxyl groups excluding tert-OH is 1. The lowest BCUT2D eigenvalue weighted by Crippen LogP contribution is -2.00. The molecule has 0 aliphatic heterocycles. The average molecular weight is 308 g/mol. The molecule has 0 aromatic rings. The zero-order valence-corrected chi connectivity index (χ0v) is 13.9. The fraction of sp³-hybridized carbons (Fsp3) is 0.632. The summed E-state index contributed by atoms with van der Waals surface area (Å²) < 4.78 is 0. The molecular formula is C19H32O3. The summed E-state index contributed by atoms with van der Waals surface area (Å²) in [4.78, 5) is 10.3. The fourth-order valence-electron chi connectivity index (χ4n) is 2.06. The maximum atomic E-state index is 10.3. The van der Waals surface area contributed by atoms with Crippen LogP contribution in [0.15, 0.2) is 36.5 Å². The number of carbonyl (C=O) groups is 1. The van der Waals surface area contributed by atoms with Crippen LogP contribution in [0.1, 0.15) is 71.1 Å². The van der Waals surface area contributed by atoms with Crippen molar-refractivity contribution in [1.82, 2.24) is 0 Å². The minimum atomic E-state index is -0.704. The van der Waals surface area contributed by atoms with Crippen LogP contribution < -0.4 is 0 Å². The van der Waals surface area contributed by atoms with Gasteiger partial charge in [-0.05, 0) is 32.1 Å². The van der Waals surface area contributed by atoms with E-state index >= 15 is 0 Å². The summed E-state index contributed by atoms with van der Waals surface area (Å²) in [6, 6.07) is 0. The van der Waals surface area contributed by atoms with E-state index in [1.54, 1.807) is 0 Å². The van der Waals surface area contributed by atoms with Crippen LogP contribution in [0, 0.1) is 0 Å². The standard InChI is InChI=1S/C19H32O3/c1-2-3-12-15-18(20)16-13-10-8-6-4-5-7-9-11-14-17-19(21)22/h4-5,8,10,13,16,18,20H,2-3,6-7,9,11-12,14-15,17H2,1H3,(H,21,22)/b5-4+,10-8+,16-13+/t18-/m1/s1. The van der Waals surface area contributed by atoms with Gasteiger partial charge in [0.1, 0.15) is 0 Å². The first-order valence-electron chi connectivity index (χ1n) is 8.55. The highest BCUT2D eigenvalue weighted by molar-refractivity contribution is 5.66. The van der Waals surface area contributed by atoms with E-state index in [1.165, 1.54) is 12.8 Å². The van der Waals surface area contributed by atoms with E-state index in [0.717, 1.165) is 44.9 Å². The van der Waals surface area contributed by atoms with Crippen LogP contribution in [-0.2, 0) is 4.79 Å². The third-order valence-electron chi connectivity index (χ3n) is 3.38. The third-order valence-corrected chi connectivity index (χ3v) is 3.38. The van der Waals surface area contributed by atoms with Gasteiger partial charge in [0.05, 0.1) is 6.10 Å². The molecule has 0 spiro atoms. The molecule has 0 rings (SSSR count). The highest BCUT2D eigenvalue weighted by Crippen LogP contribution is 2.05. The zero-order valence-electron chi connectivity index (χ0n) is 13.9. The highest BCUT2D eigenvalue weighted by Gasteiger charge is 1.96. The van der Waals surface area contributed by atoms with E-state index in [1.807, 2.05) is 18.2 Å². The average Bonchev–Trinajstić information content (AvgIpc) is 2.48. The Kier molecular flexibility index (Phi) is 15.0. The molecule has 22 heavy (non-hydrogen) atoms. The van der Waals surface area contributed by atoms with Crippen LogP contribution in [0.3, 0.4) is 0 Å². The topological polar surface area (TPSA) is 57.5 Å². The van der Waals surface area contributed by atoms with E-state index in [-0.39, 0.29) is 12.5 Å². The van der Waals surface area contributed by atoms with Gasteiger partial charge in [0.2, 0.25) is 0 Å². The van der Waals surface area contributed by atoms with Crippen LogP contribution in [0.4, 0.5) is 0 Å². The summed E-state index contributed by atoms with van der Waals surface area (Å²) in [5.74, 6) is -0.704. The molecule has 0 aromatic carbocycles. The van der Waals surface area contributed by atoms with Crippen LogP contribution in [-0.4, -0.2) is 22.3 Å². The molecule has 1 atom stereocenters. The zero-order chi connectivity index (χ0) is 16.5. The van der Waals surface area contributed by atoms with Gasteiger partial charge in [-0.1, -0.05) is 69.1 Å². The monoisotopic (exact) mass is 308 g/mol. The van der Waals surface area contributed by atoms with Crippen molar-refractivity contribution in [2.24, 2.45) is 0 Å². The normalized spacial score (nSPS) is 13.5. The summed E-state index contributed by atoms with van der Waals surface area (Å²) >= 11 is 0. The Morgan fingerprint density at radius 1 is 1.00 bits per heavy atom. The van der Waals surface area contributed by atoms with Crippen LogP contribution in [0.2, 0.25) is 0 Å². The molecule has 0 fully saturated rings. The molecule has 0 saturated heterocycles. The van der Waals surface area contributed by atoms with Gasteiger partial charge < -0.3 is 10.2 Å². The highest BCUT2D eigenvalue weighted by atomic mass is 16.4. The van der Waals surface area contributed by atoms with Crippen molar-refractivity contribution < 1.29 is 15.0 Å². The van der Waals surface area contributed by atoms with Crippen molar-refractivity contribution in [2.45, 2.75) is 77.2 Å². The van der Waals surface area contributed by atoms with Crippen LogP contribution in [0.25, 0.3) is 0 Å². The molecule has 0 aliphatic carbocycles. The Balaban J connectivity index is 3.48. The van der Waals surface area contributed by atoms with Crippen molar-refractivity contribution in [3.63, 3.8) is 0 Å². The number of allylic oxidation sites excluding steroid dienone is 5. The number of unbranched alkanes of at least 4 members (excludes halogenated alkanes) is 5. The number of aliphatic carboxylic acids is 1. The van der Waals surface area contributed by atoms with E-state index in [9.17, 15) is 9.90 Å². The largest absolute Gasteiger partial charge is 0.481 e. The first-order valence-corrected chi connectivity index (χ1v) is 8.55. The second kappa shape index (κ2) is 16.0. The number of rotatable bonds is 14. The first-order chi connectivity index (χ1) is 10.7. The van der Waals surface area contributed by atoms with E-state index in [0.29, 0.717) is 0 Å². The Hall–Kier alpha value is -1.35. The van der Waals surface area contributed by atoms with E-state index in [4.69, 9.17) is 5.11 Å². The lowest BCUT2D eigenvalue weighted by atomic mass is 10.1. The van der Waals surface area contributed by atoms with Gasteiger partial charge >= 0.3 is 5.97 Å². The molecule has 126 valence electrons. The molecule has 0 heterocycles. The lowest BCUT2D eigenvalue weighted by Gasteiger charge is -2.02. The quantitative estimate of drug-likeness (QED) is 0.269. The molecule has 0 radical (unpaired) electrons. The summed E-state index contributed by atoms with van der Waals surface area (Å²) in [6.45, 7) is 2.16. The van der Waals surface area contributed by atoms with Crippen LogP contribution >= 0.6 is 0 Å². The minimum absolute atomic E-state index is 0.281. The summed E-state index contributed by atoms with van der Waals surface area (Å²) in [7, 11) is 0. The molecule has 3 nitrogen and oxygen atoms in total. The van der Waals surface area contributed by atoms with Crippen molar-refractivity contribution in [2.75, 3.05) is 0 Å². The predicted octanol–water partition coefficient (Wildman–Crippen LogP) is 5.02. The Morgan fingerprint density at radius 3 is 2.55 bits per heavy atom. The molecule has 0 aromatic heterocycles. The maximum Gasteiger partial charge on any atom is 0.303 e. The second-order valence-corrected chi connectivity index (χ2v) is 5.58. The second-order valence-electron chi connectivity index (χ2n) is 5.58. The molecule has 0 unspecified atom stereocenters. The summed E-state index contributed by atoms with van der Waals surface area (Å²) in [5.41, 5.74) is 0. The van der Waals surface area contributed by atoms with E-state index in [2.05, 4.69) is 25.2 Å². The minimum Gasteiger partial charge on any atom is -0.481 e. The van der Waals surface area contributed by atoms with Crippen LogP contribution in [0.5, 0.6) is 0 Å². The molecule has 2 N–H and O–H groups in total. The fourth-order valence-corrected chi connectivity index (χ4v) is 2.06.